The molecule has 0 nitrogen and oxygen atoms in total. The summed E-state index contributed by atoms with van der Waals surface area (Å²) >= 11 is 7.12. The van der Waals surface area contributed by atoms with Crippen LogP contribution in [0.5, 0.6) is 0 Å². The van der Waals surface area contributed by atoms with Gasteiger partial charge in [0.1, 0.15) is 0 Å². The molecule has 0 saturated heterocycles. The molecule has 0 bridgehead atoms. The summed E-state index contributed by atoms with van der Waals surface area (Å²) < 4.78 is 2.11. The molecule has 0 radical (unpaired) electrons. The van der Waals surface area contributed by atoms with E-state index >= 15 is 0 Å². The first-order valence-electron chi connectivity index (χ1n) is 14.0. The van der Waals surface area contributed by atoms with Crippen LogP contribution in [-0.4, -0.2) is 3.71 Å². The molecule has 0 heterocycles. The fourth-order valence-electron chi connectivity index (χ4n) is 5.13. The Morgan fingerprint density at radius 3 is 2.11 bits per heavy atom. The Morgan fingerprint density at radius 2 is 1.50 bits per heavy atom. The third-order valence-corrected chi connectivity index (χ3v) is 8.14. The van der Waals surface area contributed by atoms with Crippen LogP contribution in [0.1, 0.15) is 28.7 Å². The van der Waals surface area contributed by atoms with Gasteiger partial charge in [0.25, 0.3) is 0 Å². The van der Waals surface area contributed by atoms with Crippen LogP contribution in [0, 0.1) is 25.1 Å². The summed E-state index contributed by atoms with van der Waals surface area (Å²) in [7, 11) is 0. The molecular weight excluding hydrogens is 678 g/mol. The van der Waals surface area contributed by atoms with Gasteiger partial charge in [0.15, 0.2) is 0 Å². The molecule has 0 unspecified atom stereocenters. The largest absolute Gasteiger partial charge is 0.273 e. The average molecular weight is 710 g/mol. The molecule has 6 aromatic rings. The second kappa shape index (κ2) is 18.0. The number of halogens is 3. The Balaban J connectivity index is 0.000000191. The minimum atomic E-state index is 0. The van der Waals surface area contributed by atoms with Crippen LogP contribution in [0.3, 0.4) is 0 Å². The van der Waals surface area contributed by atoms with Gasteiger partial charge in [-0.1, -0.05) is 60.8 Å². The van der Waals surface area contributed by atoms with Crippen molar-refractivity contribution in [1.82, 2.24) is 0 Å². The maximum Gasteiger partial charge on any atom is -0.0240 e. The molecule has 0 aliphatic heterocycles. The first kappa shape index (κ1) is 35.4. The van der Waals surface area contributed by atoms with Crippen LogP contribution >= 0.6 is 36.4 Å². The van der Waals surface area contributed by atoms with E-state index in [0.717, 1.165) is 17.9 Å². The molecule has 220 valence electrons. The van der Waals surface area contributed by atoms with Crippen LogP contribution in [0.2, 0.25) is 5.02 Å². The molecular formula is C40H32Cl3Zr-3. The molecule has 0 aromatic heterocycles. The molecule has 6 aromatic carbocycles. The summed E-state index contributed by atoms with van der Waals surface area (Å²) in [5.74, 6) is 0. The second-order valence-electron chi connectivity index (χ2n) is 9.97. The zero-order valence-electron chi connectivity index (χ0n) is 24.4. The maximum atomic E-state index is 5.71. The molecule has 0 N–H and O–H groups in total. The van der Waals surface area contributed by atoms with Crippen LogP contribution in [0.4, 0.5) is 0 Å². The van der Waals surface area contributed by atoms with E-state index in [-0.39, 0.29) is 24.8 Å². The number of rotatable bonds is 1. The number of aryl methyl sites for hydroxylation is 1. The molecule has 8 rings (SSSR count). The third kappa shape index (κ3) is 9.00. The van der Waals surface area contributed by atoms with Crippen molar-refractivity contribution >= 4 is 61.7 Å². The minimum absolute atomic E-state index is 0. The molecule has 44 heavy (non-hydrogen) atoms. The number of hydrogen-bond acceptors (Lipinski definition) is 0. The van der Waals surface area contributed by atoms with E-state index < -0.39 is 0 Å². The van der Waals surface area contributed by atoms with Crippen molar-refractivity contribution in [3.63, 3.8) is 0 Å². The van der Waals surface area contributed by atoms with Crippen molar-refractivity contribution in [2.24, 2.45) is 0 Å². The SMILES string of the molecule is Cc1cc[c-]cc1.Cl.Cl.Clc1cccc([CH]=[Zr])c1.[C-]1=CC=CC1.[c-]1cccc2c1c1c(c3ccccc32)-c2ccccc2C1. The number of allylic oxidation sites excluding steroid dienone is 4. The maximum absolute atomic E-state index is 5.71. The number of hydrogen-bond donors (Lipinski definition) is 0. The van der Waals surface area contributed by atoms with Crippen LogP contribution < -0.4 is 0 Å². The fourth-order valence-corrected chi connectivity index (χ4v) is 5.77. The molecule has 0 fully saturated rings. The van der Waals surface area contributed by atoms with Gasteiger partial charge in [-0.15, -0.1) is 71.8 Å². The Morgan fingerprint density at radius 1 is 0.773 bits per heavy atom. The van der Waals surface area contributed by atoms with Gasteiger partial charge >= 0.3 is 74.4 Å². The second-order valence-corrected chi connectivity index (χ2v) is 11.1. The van der Waals surface area contributed by atoms with Gasteiger partial charge in [0, 0.05) is 0 Å². The average Bonchev–Trinajstić information content (AvgIpc) is 3.75. The summed E-state index contributed by atoms with van der Waals surface area (Å²) in [5.41, 5.74) is 8.17. The monoisotopic (exact) mass is 707 g/mol. The van der Waals surface area contributed by atoms with Crippen molar-refractivity contribution < 1.29 is 24.2 Å². The van der Waals surface area contributed by atoms with Crippen molar-refractivity contribution in [3.8, 4) is 11.1 Å². The molecule has 2 aliphatic carbocycles. The van der Waals surface area contributed by atoms with Gasteiger partial charge in [-0.3, -0.25) is 6.08 Å². The van der Waals surface area contributed by atoms with Crippen molar-refractivity contribution in [1.29, 1.82) is 0 Å². The summed E-state index contributed by atoms with van der Waals surface area (Å²) in [6.45, 7) is 2.06. The first-order valence-corrected chi connectivity index (χ1v) is 15.8. The van der Waals surface area contributed by atoms with E-state index in [1.807, 2.05) is 66.7 Å². The Kier molecular flexibility index (Phi) is 14.5. The molecule has 4 heteroatoms. The smallest absolute Gasteiger partial charge is 0.0240 e. The zero-order chi connectivity index (χ0) is 29.1. The Hall–Kier alpha value is -3.06. The molecule has 0 atom stereocenters. The molecule has 0 amide bonds. The summed E-state index contributed by atoms with van der Waals surface area (Å²) in [6.07, 6.45) is 11.0. The van der Waals surface area contributed by atoms with Gasteiger partial charge in [-0.25, -0.2) is 12.2 Å². The van der Waals surface area contributed by atoms with Gasteiger partial charge in [-0.05, 0) is 28.5 Å². The third-order valence-electron chi connectivity index (χ3n) is 7.09. The zero-order valence-corrected chi connectivity index (χ0v) is 29.2. The van der Waals surface area contributed by atoms with E-state index in [9.17, 15) is 0 Å². The van der Waals surface area contributed by atoms with Crippen molar-refractivity contribution in [2.75, 3.05) is 0 Å². The van der Waals surface area contributed by atoms with Crippen LogP contribution in [0.25, 0.3) is 32.7 Å². The standard InChI is InChI=1S/C21H13.C7H5Cl.C7H7.C5H5.2ClH.Zr/c1-2-8-15-14(7-1)13-20-18-11-4-3-9-16(18)17-10-5-6-12-19(17)21(15)20;1-6-3-2-4-7(8)5-6;1-7-5-3-2-4-6-7;1-2-4-5-3-1;;;/h1-10,12H,13H2;1-5H;3-6H,1H3;1-3H,4H2;2*1H;/q-1;;2*-1;;;. The van der Waals surface area contributed by atoms with Crippen molar-refractivity contribution in [2.45, 2.75) is 19.8 Å². The summed E-state index contributed by atoms with van der Waals surface area (Å²) in [6, 6.07) is 46.0. The molecule has 0 spiro atoms. The summed E-state index contributed by atoms with van der Waals surface area (Å²) in [5, 5.41) is 6.11. The normalized spacial score (nSPS) is 11.2. The van der Waals surface area contributed by atoms with E-state index in [2.05, 4.69) is 95.6 Å². The van der Waals surface area contributed by atoms with E-state index in [1.165, 1.54) is 79.2 Å². The van der Waals surface area contributed by atoms with Gasteiger partial charge in [-0.2, -0.15) is 42.0 Å². The predicted molar refractivity (Wildman–Crippen MR) is 191 cm³/mol. The number of fused-ring (bicyclic) bond motifs is 8. The van der Waals surface area contributed by atoms with Gasteiger partial charge in [0.2, 0.25) is 0 Å². The molecule has 0 saturated carbocycles. The van der Waals surface area contributed by atoms with E-state index in [4.69, 9.17) is 11.6 Å². The topological polar surface area (TPSA) is 0 Å². The quantitative estimate of drug-likeness (QED) is 0.118. The van der Waals surface area contributed by atoms with Crippen LogP contribution in [-0.2, 0) is 30.7 Å². The predicted octanol–water partition coefficient (Wildman–Crippen LogP) is 11.3. The van der Waals surface area contributed by atoms with Crippen LogP contribution in [0.15, 0.2) is 133 Å². The van der Waals surface area contributed by atoms with Gasteiger partial charge in [0.05, 0.1) is 0 Å². The fraction of sp³-hybridized carbons (Fsp3) is 0.0750. The number of benzene rings is 6. The Labute approximate surface area is 293 Å². The van der Waals surface area contributed by atoms with Gasteiger partial charge < -0.3 is 0 Å². The van der Waals surface area contributed by atoms with Crippen molar-refractivity contribution in [3.05, 3.63) is 179 Å². The minimum Gasteiger partial charge on any atom is -0.273 e. The summed E-state index contributed by atoms with van der Waals surface area (Å²) in [4.78, 5) is 0. The van der Waals surface area contributed by atoms with E-state index in [0.29, 0.717) is 0 Å². The van der Waals surface area contributed by atoms with E-state index in [1.54, 1.807) is 0 Å². The molecule has 2 aliphatic rings. The Bertz CT molecular complexity index is 1860. The first-order chi connectivity index (χ1) is 20.7.